The number of benzene rings is 1. The van der Waals surface area contributed by atoms with Gasteiger partial charge in [-0.25, -0.2) is 0 Å². The summed E-state index contributed by atoms with van der Waals surface area (Å²) in [4.78, 5) is 10.3. The van der Waals surface area contributed by atoms with Crippen molar-refractivity contribution in [2.24, 2.45) is 5.73 Å². The van der Waals surface area contributed by atoms with E-state index >= 15 is 0 Å². The van der Waals surface area contributed by atoms with Crippen LogP contribution in [-0.4, -0.2) is 11.5 Å². The number of nitro groups is 1. The molecule has 1 aromatic heterocycles. The molecule has 5 nitrogen and oxygen atoms in total. The smallest absolute Gasteiger partial charge is 0.270 e. The van der Waals surface area contributed by atoms with Gasteiger partial charge < -0.3 is 10.2 Å². The fourth-order valence-corrected chi connectivity index (χ4v) is 1.72. The predicted octanol–water partition coefficient (Wildman–Crippen LogP) is 2.75. The van der Waals surface area contributed by atoms with Crippen LogP contribution in [0.5, 0.6) is 0 Å². The standard InChI is InChI=1S/C13H14N2O3/c14-8-2-5-12-6-7-13(18-12)10-3-1-4-11(9-10)15(16)17/h1,3-4,6-7,9H,2,5,8,14H2. The summed E-state index contributed by atoms with van der Waals surface area (Å²) >= 11 is 0. The van der Waals surface area contributed by atoms with Crippen molar-refractivity contribution in [1.82, 2.24) is 0 Å². The van der Waals surface area contributed by atoms with Crippen LogP contribution in [0.2, 0.25) is 0 Å². The maximum absolute atomic E-state index is 10.7. The Balaban J connectivity index is 2.23. The van der Waals surface area contributed by atoms with Crippen LogP contribution in [0.1, 0.15) is 12.2 Å². The number of non-ortho nitro benzene ring substituents is 1. The highest BCUT2D eigenvalue weighted by atomic mass is 16.6. The first-order chi connectivity index (χ1) is 8.70. The number of rotatable bonds is 5. The van der Waals surface area contributed by atoms with E-state index in [-0.39, 0.29) is 5.69 Å². The molecular weight excluding hydrogens is 232 g/mol. The summed E-state index contributed by atoms with van der Waals surface area (Å²) in [6.07, 6.45) is 1.65. The highest BCUT2D eigenvalue weighted by Crippen LogP contribution is 2.26. The van der Waals surface area contributed by atoms with Gasteiger partial charge in [0, 0.05) is 24.1 Å². The number of hydrogen-bond acceptors (Lipinski definition) is 4. The summed E-state index contributed by atoms with van der Waals surface area (Å²) in [7, 11) is 0. The average molecular weight is 246 g/mol. The van der Waals surface area contributed by atoms with Crippen LogP contribution >= 0.6 is 0 Å². The number of furan rings is 1. The van der Waals surface area contributed by atoms with E-state index in [0.717, 1.165) is 18.6 Å². The molecule has 5 heteroatoms. The van der Waals surface area contributed by atoms with E-state index < -0.39 is 4.92 Å². The topological polar surface area (TPSA) is 82.3 Å². The van der Waals surface area contributed by atoms with Gasteiger partial charge in [-0.2, -0.15) is 0 Å². The number of nitrogens with two attached hydrogens (primary N) is 1. The van der Waals surface area contributed by atoms with Crippen molar-refractivity contribution in [2.75, 3.05) is 6.54 Å². The molecule has 1 heterocycles. The van der Waals surface area contributed by atoms with Gasteiger partial charge >= 0.3 is 0 Å². The average Bonchev–Trinajstić information content (AvgIpc) is 2.85. The third kappa shape index (κ3) is 2.75. The van der Waals surface area contributed by atoms with Crippen molar-refractivity contribution < 1.29 is 9.34 Å². The molecule has 2 N–H and O–H groups in total. The fourth-order valence-electron chi connectivity index (χ4n) is 1.72. The van der Waals surface area contributed by atoms with E-state index in [2.05, 4.69) is 0 Å². The van der Waals surface area contributed by atoms with E-state index in [4.69, 9.17) is 10.2 Å². The number of aryl methyl sites for hydroxylation is 1. The largest absolute Gasteiger partial charge is 0.461 e. The molecule has 2 rings (SSSR count). The Morgan fingerprint density at radius 1 is 1.28 bits per heavy atom. The van der Waals surface area contributed by atoms with E-state index in [9.17, 15) is 10.1 Å². The molecule has 0 spiro atoms. The highest BCUT2D eigenvalue weighted by molar-refractivity contribution is 5.61. The van der Waals surface area contributed by atoms with Crippen LogP contribution < -0.4 is 5.73 Å². The lowest BCUT2D eigenvalue weighted by molar-refractivity contribution is -0.384. The fraction of sp³-hybridized carbons (Fsp3) is 0.231. The lowest BCUT2D eigenvalue weighted by atomic mass is 10.1. The second-order valence-electron chi connectivity index (χ2n) is 3.97. The second-order valence-corrected chi connectivity index (χ2v) is 3.97. The minimum absolute atomic E-state index is 0.0624. The van der Waals surface area contributed by atoms with Crippen LogP contribution in [0.4, 0.5) is 5.69 Å². The van der Waals surface area contributed by atoms with Crippen molar-refractivity contribution in [3.05, 3.63) is 52.3 Å². The molecular formula is C13H14N2O3. The lowest BCUT2D eigenvalue weighted by Gasteiger charge is -1.98. The van der Waals surface area contributed by atoms with Gasteiger partial charge in [-0.1, -0.05) is 12.1 Å². The Labute approximate surface area is 104 Å². The van der Waals surface area contributed by atoms with Gasteiger partial charge in [-0.3, -0.25) is 10.1 Å². The molecule has 2 aromatic rings. The summed E-state index contributed by atoms with van der Waals surface area (Å²) in [5.74, 6) is 1.49. The van der Waals surface area contributed by atoms with Crippen LogP contribution in [-0.2, 0) is 6.42 Å². The molecule has 18 heavy (non-hydrogen) atoms. The SMILES string of the molecule is NCCCc1ccc(-c2cccc([N+](=O)[O-])c2)o1. The van der Waals surface area contributed by atoms with Gasteiger partial charge in [-0.05, 0) is 25.1 Å². The molecule has 0 saturated carbocycles. The molecule has 0 bridgehead atoms. The lowest BCUT2D eigenvalue weighted by Crippen LogP contribution is -1.99. The van der Waals surface area contributed by atoms with Crippen molar-refractivity contribution >= 4 is 5.69 Å². The second kappa shape index (κ2) is 5.46. The van der Waals surface area contributed by atoms with Crippen molar-refractivity contribution in [3.8, 4) is 11.3 Å². The van der Waals surface area contributed by atoms with Crippen molar-refractivity contribution in [3.63, 3.8) is 0 Å². The van der Waals surface area contributed by atoms with Crippen LogP contribution in [0.25, 0.3) is 11.3 Å². The first kappa shape index (κ1) is 12.3. The van der Waals surface area contributed by atoms with Crippen molar-refractivity contribution in [1.29, 1.82) is 0 Å². The Morgan fingerprint density at radius 2 is 2.11 bits per heavy atom. The molecule has 0 saturated heterocycles. The van der Waals surface area contributed by atoms with E-state index in [0.29, 0.717) is 17.9 Å². The Kier molecular flexibility index (Phi) is 3.74. The summed E-state index contributed by atoms with van der Waals surface area (Å²) in [5.41, 5.74) is 6.20. The molecule has 0 aliphatic carbocycles. The summed E-state index contributed by atoms with van der Waals surface area (Å²) in [6.45, 7) is 0.618. The Morgan fingerprint density at radius 3 is 2.83 bits per heavy atom. The molecule has 1 aromatic carbocycles. The number of hydrogen-bond donors (Lipinski definition) is 1. The summed E-state index contributed by atoms with van der Waals surface area (Å²) in [5, 5.41) is 10.7. The van der Waals surface area contributed by atoms with E-state index in [1.165, 1.54) is 12.1 Å². The molecule has 94 valence electrons. The Bertz CT molecular complexity index is 549. The molecule has 0 atom stereocenters. The first-order valence-electron chi connectivity index (χ1n) is 5.74. The van der Waals surface area contributed by atoms with Gasteiger partial charge in [0.2, 0.25) is 0 Å². The number of nitro benzene ring substituents is 1. The predicted molar refractivity (Wildman–Crippen MR) is 68.2 cm³/mol. The van der Waals surface area contributed by atoms with Crippen LogP contribution in [0.15, 0.2) is 40.8 Å². The van der Waals surface area contributed by atoms with Crippen LogP contribution in [0.3, 0.4) is 0 Å². The van der Waals surface area contributed by atoms with Gasteiger partial charge in [0.15, 0.2) is 0 Å². The Hall–Kier alpha value is -2.14. The maximum Gasteiger partial charge on any atom is 0.270 e. The zero-order valence-corrected chi connectivity index (χ0v) is 9.83. The normalized spacial score (nSPS) is 10.5. The molecule has 0 aliphatic heterocycles. The van der Waals surface area contributed by atoms with E-state index in [1.54, 1.807) is 12.1 Å². The van der Waals surface area contributed by atoms with Gasteiger partial charge in [0.1, 0.15) is 11.5 Å². The minimum atomic E-state index is -0.415. The van der Waals surface area contributed by atoms with Gasteiger partial charge in [0.25, 0.3) is 5.69 Å². The zero-order chi connectivity index (χ0) is 13.0. The monoisotopic (exact) mass is 246 g/mol. The molecule has 0 amide bonds. The molecule has 0 radical (unpaired) electrons. The third-order valence-electron chi connectivity index (χ3n) is 2.63. The quantitative estimate of drug-likeness (QED) is 0.649. The van der Waals surface area contributed by atoms with E-state index in [1.807, 2.05) is 12.1 Å². The summed E-state index contributed by atoms with van der Waals surface area (Å²) in [6, 6.07) is 10.1. The molecule has 0 fully saturated rings. The first-order valence-corrected chi connectivity index (χ1v) is 5.74. The maximum atomic E-state index is 10.7. The molecule has 0 aliphatic rings. The van der Waals surface area contributed by atoms with Gasteiger partial charge in [0.05, 0.1) is 4.92 Å². The molecule has 0 unspecified atom stereocenters. The minimum Gasteiger partial charge on any atom is -0.461 e. The zero-order valence-electron chi connectivity index (χ0n) is 9.83. The third-order valence-corrected chi connectivity index (χ3v) is 2.63. The summed E-state index contributed by atoms with van der Waals surface area (Å²) < 4.78 is 5.63. The van der Waals surface area contributed by atoms with Crippen molar-refractivity contribution in [2.45, 2.75) is 12.8 Å². The van der Waals surface area contributed by atoms with Crippen LogP contribution in [0, 0.1) is 10.1 Å². The number of nitrogens with zero attached hydrogens (tertiary/aromatic N) is 1. The highest BCUT2D eigenvalue weighted by Gasteiger charge is 2.09. The van der Waals surface area contributed by atoms with Gasteiger partial charge in [-0.15, -0.1) is 0 Å².